The van der Waals surface area contributed by atoms with E-state index in [1.165, 1.54) is 25.6 Å². The number of hydrogen-bond acceptors (Lipinski definition) is 7. The summed E-state index contributed by atoms with van der Waals surface area (Å²) in [4.78, 5) is 42.1. The fraction of sp³-hybridized carbons (Fsp3) is 0.200. The molecular weight excluding hydrogens is 456 g/mol. The summed E-state index contributed by atoms with van der Waals surface area (Å²) in [5, 5.41) is 1.81. The van der Waals surface area contributed by atoms with Gasteiger partial charge in [0.2, 0.25) is 0 Å². The van der Waals surface area contributed by atoms with Crippen LogP contribution in [0.25, 0.3) is 21.0 Å². The number of nitrogens with zero attached hydrogens (tertiary/aromatic N) is 2. The molecule has 1 aromatic heterocycles. The fourth-order valence-electron chi connectivity index (χ4n) is 3.55. The SMILES string of the molecule is CCOC(=O)c1ccc2c(c1)sc(=NC(=O)c1cc3ccccc3cc1OC)n2CC(=O)OC. The van der Waals surface area contributed by atoms with Gasteiger partial charge in [0.15, 0.2) is 4.80 Å². The van der Waals surface area contributed by atoms with Gasteiger partial charge in [-0.25, -0.2) is 4.79 Å². The summed E-state index contributed by atoms with van der Waals surface area (Å²) in [6.45, 7) is 1.85. The number of amides is 1. The van der Waals surface area contributed by atoms with Gasteiger partial charge in [0, 0.05) is 0 Å². The first-order chi connectivity index (χ1) is 16.4. The van der Waals surface area contributed by atoms with Crippen LogP contribution in [0.3, 0.4) is 0 Å². The van der Waals surface area contributed by atoms with Gasteiger partial charge in [-0.3, -0.25) is 9.59 Å². The number of methoxy groups -OCH3 is 2. The van der Waals surface area contributed by atoms with Crippen LogP contribution in [0, 0.1) is 0 Å². The van der Waals surface area contributed by atoms with Gasteiger partial charge in [0.1, 0.15) is 12.3 Å². The Balaban J connectivity index is 1.86. The predicted octanol–water partition coefficient (Wildman–Crippen LogP) is 3.96. The predicted molar refractivity (Wildman–Crippen MR) is 128 cm³/mol. The maximum absolute atomic E-state index is 13.2. The Bertz CT molecular complexity index is 1480. The summed E-state index contributed by atoms with van der Waals surface area (Å²) in [6, 6.07) is 16.1. The summed E-state index contributed by atoms with van der Waals surface area (Å²) < 4.78 is 17.6. The first kappa shape index (κ1) is 23.2. The highest BCUT2D eigenvalue weighted by atomic mass is 32.1. The summed E-state index contributed by atoms with van der Waals surface area (Å²) in [5.41, 5.74) is 1.31. The molecule has 0 spiro atoms. The van der Waals surface area contributed by atoms with Crippen LogP contribution in [0.1, 0.15) is 27.6 Å². The number of ether oxygens (including phenoxy) is 3. The standard InChI is InChI=1S/C25H22N2O6S/c1-4-33-24(30)17-9-10-19-21(13-17)34-25(27(19)14-22(28)32-3)26-23(29)18-11-15-7-5-6-8-16(15)12-20(18)31-2/h5-13H,4,14H2,1-3H3. The van der Waals surface area contributed by atoms with E-state index < -0.39 is 17.8 Å². The van der Waals surface area contributed by atoms with Crippen LogP contribution in [0.5, 0.6) is 5.75 Å². The normalized spacial score (nSPS) is 11.6. The van der Waals surface area contributed by atoms with Crippen molar-refractivity contribution < 1.29 is 28.6 Å². The maximum atomic E-state index is 13.2. The smallest absolute Gasteiger partial charge is 0.338 e. The molecule has 3 aromatic carbocycles. The molecule has 0 N–H and O–H groups in total. The minimum Gasteiger partial charge on any atom is -0.496 e. The van der Waals surface area contributed by atoms with E-state index >= 15 is 0 Å². The van der Waals surface area contributed by atoms with Gasteiger partial charge in [0.05, 0.1) is 42.2 Å². The average Bonchev–Trinajstić information content (AvgIpc) is 3.18. The van der Waals surface area contributed by atoms with Crippen LogP contribution in [-0.2, 0) is 20.8 Å². The third-order valence-electron chi connectivity index (χ3n) is 5.20. The quantitative estimate of drug-likeness (QED) is 0.389. The molecule has 174 valence electrons. The molecule has 4 rings (SSSR count). The topological polar surface area (TPSA) is 96.2 Å². The van der Waals surface area contributed by atoms with Gasteiger partial charge in [0.25, 0.3) is 5.91 Å². The zero-order chi connectivity index (χ0) is 24.2. The van der Waals surface area contributed by atoms with Crippen molar-refractivity contribution in [1.29, 1.82) is 0 Å². The van der Waals surface area contributed by atoms with Crippen molar-refractivity contribution in [3.63, 3.8) is 0 Å². The van der Waals surface area contributed by atoms with Gasteiger partial charge in [-0.1, -0.05) is 35.6 Å². The van der Waals surface area contributed by atoms with Crippen molar-refractivity contribution >= 4 is 50.2 Å². The number of carbonyl (C=O) groups excluding carboxylic acids is 3. The second kappa shape index (κ2) is 9.88. The van der Waals surface area contributed by atoms with E-state index in [2.05, 4.69) is 4.99 Å². The summed E-state index contributed by atoms with van der Waals surface area (Å²) in [5.74, 6) is -1.06. The molecule has 0 saturated heterocycles. The Labute approximate surface area is 199 Å². The van der Waals surface area contributed by atoms with E-state index in [-0.39, 0.29) is 13.2 Å². The number of benzene rings is 3. The lowest BCUT2D eigenvalue weighted by molar-refractivity contribution is -0.141. The second-order valence-electron chi connectivity index (χ2n) is 7.27. The molecule has 0 aliphatic heterocycles. The van der Waals surface area contributed by atoms with Gasteiger partial charge in [-0.15, -0.1) is 0 Å². The summed E-state index contributed by atoms with van der Waals surface area (Å²) in [7, 11) is 2.78. The Morgan fingerprint density at radius 1 is 1.00 bits per heavy atom. The monoisotopic (exact) mass is 478 g/mol. The van der Waals surface area contributed by atoms with E-state index in [0.717, 1.165) is 10.8 Å². The third kappa shape index (κ3) is 4.55. The van der Waals surface area contributed by atoms with Crippen molar-refractivity contribution in [2.45, 2.75) is 13.5 Å². The molecule has 9 heteroatoms. The average molecular weight is 479 g/mol. The first-order valence-electron chi connectivity index (χ1n) is 10.5. The third-order valence-corrected chi connectivity index (χ3v) is 6.25. The molecular formula is C25H22N2O6S. The Morgan fingerprint density at radius 2 is 1.74 bits per heavy atom. The van der Waals surface area contributed by atoms with E-state index in [4.69, 9.17) is 14.2 Å². The van der Waals surface area contributed by atoms with E-state index in [0.29, 0.717) is 31.9 Å². The summed E-state index contributed by atoms with van der Waals surface area (Å²) in [6.07, 6.45) is 0. The Hall–Kier alpha value is -3.98. The molecule has 0 atom stereocenters. The van der Waals surface area contributed by atoms with Crippen LogP contribution < -0.4 is 9.54 Å². The van der Waals surface area contributed by atoms with E-state index in [1.54, 1.807) is 41.8 Å². The molecule has 0 saturated carbocycles. The lowest BCUT2D eigenvalue weighted by Crippen LogP contribution is -2.22. The first-order valence-corrected chi connectivity index (χ1v) is 11.3. The van der Waals surface area contributed by atoms with E-state index in [9.17, 15) is 14.4 Å². The number of rotatable bonds is 6. The minimum atomic E-state index is -0.515. The number of thiazole rings is 1. The molecule has 8 nitrogen and oxygen atoms in total. The van der Waals surface area contributed by atoms with Crippen molar-refractivity contribution in [3.05, 3.63) is 70.5 Å². The molecule has 1 amide bonds. The van der Waals surface area contributed by atoms with Crippen LogP contribution in [0.2, 0.25) is 0 Å². The molecule has 0 aliphatic carbocycles. The highest BCUT2D eigenvalue weighted by Crippen LogP contribution is 2.27. The molecule has 0 unspecified atom stereocenters. The van der Waals surface area contributed by atoms with Crippen LogP contribution >= 0.6 is 11.3 Å². The highest BCUT2D eigenvalue weighted by Gasteiger charge is 2.17. The molecule has 1 heterocycles. The number of hydrogen-bond donors (Lipinski definition) is 0. The molecule has 0 fully saturated rings. The van der Waals surface area contributed by atoms with Crippen LogP contribution in [-0.4, -0.2) is 43.2 Å². The van der Waals surface area contributed by atoms with Crippen molar-refractivity contribution in [3.8, 4) is 5.75 Å². The number of aromatic nitrogens is 1. The lowest BCUT2D eigenvalue weighted by atomic mass is 10.1. The van der Waals surface area contributed by atoms with Crippen molar-refractivity contribution in [2.75, 3.05) is 20.8 Å². The van der Waals surface area contributed by atoms with Gasteiger partial charge in [-0.05, 0) is 48.0 Å². The molecule has 0 radical (unpaired) electrons. The van der Waals surface area contributed by atoms with E-state index in [1.807, 2.05) is 24.3 Å². The summed E-state index contributed by atoms with van der Waals surface area (Å²) >= 11 is 1.19. The van der Waals surface area contributed by atoms with Gasteiger partial charge < -0.3 is 18.8 Å². The van der Waals surface area contributed by atoms with Crippen LogP contribution in [0.4, 0.5) is 0 Å². The second-order valence-corrected chi connectivity index (χ2v) is 8.28. The molecule has 4 aromatic rings. The molecule has 0 bridgehead atoms. The molecule has 0 aliphatic rings. The fourth-order valence-corrected chi connectivity index (χ4v) is 4.62. The zero-order valence-electron chi connectivity index (χ0n) is 18.9. The minimum absolute atomic E-state index is 0.143. The maximum Gasteiger partial charge on any atom is 0.338 e. The lowest BCUT2D eigenvalue weighted by Gasteiger charge is -2.08. The number of carbonyl (C=O) groups is 3. The Kier molecular flexibility index (Phi) is 6.74. The van der Waals surface area contributed by atoms with Gasteiger partial charge in [-0.2, -0.15) is 4.99 Å². The van der Waals surface area contributed by atoms with Crippen LogP contribution in [0.15, 0.2) is 59.6 Å². The zero-order valence-corrected chi connectivity index (χ0v) is 19.7. The van der Waals surface area contributed by atoms with Gasteiger partial charge >= 0.3 is 11.9 Å². The van der Waals surface area contributed by atoms with Crippen molar-refractivity contribution in [2.24, 2.45) is 4.99 Å². The number of esters is 2. The molecule has 34 heavy (non-hydrogen) atoms. The Morgan fingerprint density at radius 3 is 2.41 bits per heavy atom. The highest BCUT2D eigenvalue weighted by molar-refractivity contribution is 7.16. The largest absolute Gasteiger partial charge is 0.496 e. The number of fused-ring (bicyclic) bond motifs is 2. The van der Waals surface area contributed by atoms with Crippen molar-refractivity contribution in [1.82, 2.24) is 4.57 Å².